The van der Waals surface area contributed by atoms with Gasteiger partial charge >= 0.3 is 5.97 Å². The van der Waals surface area contributed by atoms with Gasteiger partial charge < -0.3 is 9.84 Å². The van der Waals surface area contributed by atoms with E-state index in [1.54, 1.807) is 31.2 Å². The van der Waals surface area contributed by atoms with Crippen LogP contribution in [0.2, 0.25) is 0 Å². The second-order valence-corrected chi connectivity index (χ2v) is 7.54. The smallest absolute Gasteiger partial charge is 0.352 e. The van der Waals surface area contributed by atoms with E-state index in [4.69, 9.17) is 4.74 Å². The number of aliphatic carboxylic acids is 1. The van der Waals surface area contributed by atoms with E-state index in [9.17, 15) is 19.5 Å². The summed E-state index contributed by atoms with van der Waals surface area (Å²) in [4.78, 5) is 37.4. The van der Waals surface area contributed by atoms with Crippen LogP contribution in [0.1, 0.15) is 17.3 Å². The first kappa shape index (κ1) is 18.0. The third-order valence-electron chi connectivity index (χ3n) is 3.93. The number of hydrogen-bond donors (Lipinski definition) is 1. The first-order valence-electron chi connectivity index (χ1n) is 7.78. The Kier molecular flexibility index (Phi) is 5.51. The first-order valence-corrected chi connectivity index (χ1v) is 9.81. The normalized spacial score (nSPS) is 22.4. The molecule has 0 spiro atoms. The van der Waals surface area contributed by atoms with Crippen molar-refractivity contribution >= 4 is 40.5 Å². The second-order valence-electron chi connectivity index (χ2n) is 5.49. The monoisotopic (exact) mass is 379 g/mol. The van der Waals surface area contributed by atoms with Gasteiger partial charge in [-0.25, -0.2) is 4.79 Å². The lowest BCUT2D eigenvalue weighted by Crippen LogP contribution is -2.65. The van der Waals surface area contributed by atoms with Crippen LogP contribution in [-0.4, -0.2) is 56.6 Å². The molecule has 0 saturated carbocycles. The van der Waals surface area contributed by atoms with Crippen molar-refractivity contribution in [2.24, 2.45) is 0 Å². The summed E-state index contributed by atoms with van der Waals surface area (Å²) in [6.45, 7) is 2.20. The van der Waals surface area contributed by atoms with Gasteiger partial charge in [-0.2, -0.15) is 0 Å². The fourth-order valence-corrected chi connectivity index (χ4v) is 5.08. The van der Waals surface area contributed by atoms with E-state index in [2.05, 4.69) is 0 Å². The van der Waals surface area contributed by atoms with Gasteiger partial charge in [-0.3, -0.25) is 14.5 Å². The summed E-state index contributed by atoms with van der Waals surface area (Å²) in [7, 11) is 0. The van der Waals surface area contributed by atoms with E-state index in [1.807, 2.05) is 6.07 Å². The van der Waals surface area contributed by atoms with Gasteiger partial charge in [-0.05, 0) is 12.5 Å². The Bertz CT molecular complexity index is 734. The second kappa shape index (κ2) is 7.63. The Hall–Kier alpha value is -1.77. The average Bonchev–Trinajstić information content (AvgIpc) is 2.63. The molecule has 2 atom stereocenters. The molecule has 3 rings (SSSR count). The number of benzene rings is 1. The Balaban J connectivity index is 1.74. The first-order chi connectivity index (χ1) is 12.0. The molecule has 25 heavy (non-hydrogen) atoms. The van der Waals surface area contributed by atoms with Crippen LogP contribution < -0.4 is 0 Å². The van der Waals surface area contributed by atoms with Crippen LogP contribution in [0, 0.1) is 0 Å². The van der Waals surface area contributed by atoms with E-state index in [0.717, 1.165) is 11.8 Å². The minimum atomic E-state index is -1.14. The van der Waals surface area contributed by atoms with Gasteiger partial charge in [0.2, 0.25) is 5.12 Å². The van der Waals surface area contributed by atoms with Crippen LogP contribution in [0.25, 0.3) is 0 Å². The molecule has 2 aliphatic heterocycles. The van der Waals surface area contributed by atoms with Crippen molar-refractivity contribution in [1.82, 2.24) is 4.90 Å². The summed E-state index contributed by atoms with van der Waals surface area (Å²) in [5.41, 5.74) is 1.16. The largest absolute Gasteiger partial charge is 0.477 e. The molecule has 6 nitrogen and oxygen atoms in total. The third-order valence-corrected chi connectivity index (χ3v) is 6.24. The molecule has 0 bridgehead atoms. The Morgan fingerprint density at radius 3 is 2.72 bits per heavy atom. The summed E-state index contributed by atoms with van der Waals surface area (Å²) >= 11 is 2.53. The molecule has 0 unspecified atom stereocenters. The van der Waals surface area contributed by atoms with Gasteiger partial charge in [0.15, 0.2) is 6.10 Å². The number of amides is 1. The quantitative estimate of drug-likeness (QED) is 0.759. The van der Waals surface area contributed by atoms with Gasteiger partial charge in [0, 0.05) is 23.7 Å². The van der Waals surface area contributed by atoms with Crippen molar-refractivity contribution in [3.8, 4) is 0 Å². The fourth-order valence-electron chi connectivity index (χ4n) is 2.77. The molecule has 0 radical (unpaired) electrons. The molecule has 1 aromatic rings. The number of nitrogens with zero attached hydrogens (tertiary/aromatic N) is 1. The van der Waals surface area contributed by atoms with Gasteiger partial charge in [-0.15, -0.1) is 11.8 Å². The van der Waals surface area contributed by atoms with Crippen molar-refractivity contribution in [1.29, 1.82) is 0 Å². The molecule has 2 heterocycles. The zero-order chi connectivity index (χ0) is 18.0. The van der Waals surface area contributed by atoms with E-state index in [1.165, 1.54) is 16.7 Å². The molecule has 0 aromatic heterocycles. The molecular weight excluding hydrogens is 362 g/mol. The molecule has 0 aliphatic carbocycles. The number of carboxylic acids is 1. The number of carbonyl (C=O) groups is 3. The molecule has 1 N–H and O–H groups in total. The van der Waals surface area contributed by atoms with E-state index >= 15 is 0 Å². The summed E-state index contributed by atoms with van der Waals surface area (Å²) in [5, 5.41) is 9.14. The fraction of sp³-hybridized carbons (Fsp3) is 0.353. The highest BCUT2D eigenvalue weighted by Crippen LogP contribution is 2.42. The van der Waals surface area contributed by atoms with Crippen molar-refractivity contribution in [3.05, 3.63) is 47.2 Å². The van der Waals surface area contributed by atoms with Gasteiger partial charge in [0.25, 0.3) is 5.91 Å². The number of fused-ring (bicyclic) bond motifs is 1. The molecule has 1 fully saturated rings. The van der Waals surface area contributed by atoms with Crippen LogP contribution in [0.4, 0.5) is 0 Å². The highest BCUT2D eigenvalue weighted by atomic mass is 32.2. The number of thioether (sulfide) groups is 2. The molecule has 132 valence electrons. The lowest BCUT2D eigenvalue weighted by atomic mass is 10.1. The average molecular weight is 379 g/mol. The Labute approximate surface area is 153 Å². The molecule has 8 heteroatoms. The standard InChI is InChI=1S/C17H17NO5S2/c1-2-23-13-14(19)18-12(16(20)21)11(8-24-15(13)18)9-25-17(22)10-6-4-3-5-7-10/h3-7,13,15H,2,8-9H2,1H3,(H,20,21)/t13-,15+/m0/s1. The topological polar surface area (TPSA) is 83.9 Å². The predicted molar refractivity (Wildman–Crippen MR) is 96.4 cm³/mol. The van der Waals surface area contributed by atoms with Crippen LogP contribution in [0.3, 0.4) is 0 Å². The minimum absolute atomic E-state index is 0.00179. The maximum absolute atomic E-state index is 12.2. The SMILES string of the molecule is CCO[C@H]1C(=O)N2C(C(=O)O)=C(CSC(=O)c3ccccc3)CS[C@H]12. The minimum Gasteiger partial charge on any atom is -0.477 e. The maximum atomic E-state index is 12.2. The molecule has 2 aliphatic rings. The number of carboxylic acid groups (broad SMARTS) is 1. The van der Waals surface area contributed by atoms with Crippen LogP contribution in [0.5, 0.6) is 0 Å². The van der Waals surface area contributed by atoms with Crippen LogP contribution in [0.15, 0.2) is 41.6 Å². The highest BCUT2D eigenvalue weighted by Gasteiger charge is 2.54. The summed E-state index contributed by atoms with van der Waals surface area (Å²) in [6, 6.07) is 8.83. The van der Waals surface area contributed by atoms with E-state index in [0.29, 0.717) is 23.5 Å². The molecule has 1 amide bonds. The number of rotatable bonds is 6. The van der Waals surface area contributed by atoms with Crippen molar-refractivity contribution in [2.75, 3.05) is 18.1 Å². The summed E-state index contributed by atoms with van der Waals surface area (Å²) in [6.07, 6.45) is -0.579. The highest BCUT2D eigenvalue weighted by molar-refractivity contribution is 8.14. The Morgan fingerprint density at radius 2 is 2.08 bits per heavy atom. The number of carbonyl (C=O) groups excluding carboxylic acids is 2. The summed E-state index contributed by atoms with van der Waals surface area (Å²) < 4.78 is 5.39. The zero-order valence-electron chi connectivity index (χ0n) is 13.5. The van der Waals surface area contributed by atoms with Crippen molar-refractivity contribution in [3.63, 3.8) is 0 Å². The third kappa shape index (κ3) is 3.47. The molecular formula is C17H17NO5S2. The van der Waals surface area contributed by atoms with Gasteiger partial charge in [-0.1, -0.05) is 42.1 Å². The van der Waals surface area contributed by atoms with E-state index < -0.39 is 12.1 Å². The summed E-state index contributed by atoms with van der Waals surface area (Å²) in [5.74, 6) is -0.753. The lowest BCUT2D eigenvalue weighted by Gasteiger charge is -2.48. The zero-order valence-corrected chi connectivity index (χ0v) is 15.1. The van der Waals surface area contributed by atoms with Crippen LogP contribution >= 0.6 is 23.5 Å². The van der Waals surface area contributed by atoms with E-state index in [-0.39, 0.29) is 27.8 Å². The number of β-lactam (4-membered cyclic amide) rings is 1. The predicted octanol–water partition coefficient (Wildman–Crippen LogP) is 2.22. The number of hydrogen-bond acceptors (Lipinski definition) is 6. The maximum Gasteiger partial charge on any atom is 0.352 e. The van der Waals surface area contributed by atoms with Gasteiger partial charge in [0.05, 0.1) is 0 Å². The van der Waals surface area contributed by atoms with Crippen LogP contribution in [-0.2, 0) is 14.3 Å². The molecule has 1 aromatic carbocycles. The van der Waals surface area contributed by atoms with Crippen molar-refractivity contribution in [2.45, 2.75) is 18.4 Å². The van der Waals surface area contributed by atoms with Crippen molar-refractivity contribution < 1.29 is 24.2 Å². The molecule has 1 saturated heterocycles. The lowest BCUT2D eigenvalue weighted by molar-refractivity contribution is -0.164. The Morgan fingerprint density at radius 1 is 1.36 bits per heavy atom. The number of ether oxygens (including phenoxy) is 1. The van der Waals surface area contributed by atoms with Gasteiger partial charge in [0.1, 0.15) is 11.1 Å².